The molecule has 0 spiro atoms. The predicted octanol–water partition coefficient (Wildman–Crippen LogP) is 4.69. The Bertz CT molecular complexity index is 1220. The summed E-state index contributed by atoms with van der Waals surface area (Å²) in [5.41, 5.74) is 1.48. The molecule has 0 aromatic heterocycles. The van der Waals surface area contributed by atoms with Crippen LogP contribution in [0.15, 0.2) is 77.7 Å². The van der Waals surface area contributed by atoms with E-state index < -0.39 is 22.5 Å². The van der Waals surface area contributed by atoms with E-state index >= 15 is 0 Å². The molecule has 35 heavy (non-hydrogen) atoms. The maximum absolute atomic E-state index is 13.5. The Hall–Kier alpha value is -3.23. The maximum Gasteiger partial charge on any atom is 0.264 e. The first kappa shape index (κ1) is 26.4. The number of benzene rings is 3. The van der Waals surface area contributed by atoms with Crippen LogP contribution in [0.4, 0.5) is 5.69 Å². The van der Waals surface area contributed by atoms with E-state index in [0.717, 1.165) is 10.7 Å². The van der Waals surface area contributed by atoms with Gasteiger partial charge < -0.3 is 14.8 Å². The van der Waals surface area contributed by atoms with Crippen molar-refractivity contribution in [1.29, 1.82) is 0 Å². The Kier molecular flexibility index (Phi) is 9.39. The third kappa shape index (κ3) is 7.13. The predicted molar refractivity (Wildman–Crippen MR) is 138 cm³/mol. The summed E-state index contributed by atoms with van der Waals surface area (Å²) < 4.78 is 39.4. The molecular weight excluding hydrogens is 488 g/mol. The Labute approximate surface area is 211 Å². The average Bonchev–Trinajstić information content (AvgIpc) is 2.86. The van der Waals surface area contributed by atoms with Crippen LogP contribution < -0.4 is 19.1 Å². The van der Waals surface area contributed by atoms with Crippen LogP contribution in [0.25, 0.3) is 0 Å². The SMILES string of the molecule is CCOc1ccccc1N(CC(=O)NCCOc1ccc(CC)cc1)S(=O)(=O)c1ccc(Cl)cc1. The first-order valence-corrected chi connectivity index (χ1v) is 13.2. The molecule has 0 atom stereocenters. The minimum Gasteiger partial charge on any atom is -0.492 e. The smallest absolute Gasteiger partial charge is 0.264 e. The molecule has 186 valence electrons. The van der Waals surface area contributed by atoms with Gasteiger partial charge in [0.25, 0.3) is 10.0 Å². The average molecular weight is 517 g/mol. The zero-order valence-corrected chi connectivity index (χ0v) is 21.3. The standard InChI is InChI=1S/C26H29ClN2O5S/c1-3-20-9-13-22(14-10-20)34-18-17-28-26(30)19-29(24-7-5-6-8-25(24)33-4-2)35(31,32)23-15-11-21(27)12-16-23/h5-16H,3-4,17-19H2,1-2H3,(H,28,30). The highest BCUT2D eigenvalue weighted by molar-refractivity contribution is 7.92. The van der Waals surface area contributed by atoms with Crippen molar-refractivity contribution < 1.29 is 22.7 Å². The summed E-state index contributed by atoms with van der Waals surface area (Å²) in [6, 6.07) is 20.2. The van der Waals surface area contributed by atoms with Crippen LogP contribution in [0.3, 0.4) is 0 Å². The lowest BCUT2D eigenvalue weighted by molar-refractivity contribution is -0.119. The molecule has 0 aliphatic carbocycles. The van der Waals surface area contributed by atoms with Crippen LogP contribution in [0.5, 0.6) is 11.5 Å². The van der Waals surface area contributed by atoms with Crippen molar-refractivity contribution >= 4 is 33.2 Å². The van der Waals surface area contributed by atoms with E-state index in [4.69, 9.17) is 21.1 Å². The molecular formula is C26H29ClN2O5S. The van der Waals surface area contributed by atoms with E-state index in [0.29, 0.717) is 23.1 Å². The van der Waals surface area contributed by atoms with Gasteiger partial charge in [0.1, 0.15) is 24.7 Å². The molecule has 0 radical (unpaired) electrons. The van der Waals surface area contributed by atoms with Gasteiger partial charge in [-0.15, -0.1) is 0 Å². The molecule has 0 saturated carbocycles. The number of anilines is 1. The van der Waals surface area contributed by atoms with Gasteiger partial charge in [-0.3, -0.25) is 9.10 Å². The van der Waals surface area contributed by atoms with Crippen molar-refractivity contribution in [2.45, 2.75) is 25.2 Å². The third-order valence-electron chi connectivity index (χ3n) is 5.15. The molecule has 0 heterocycles. The Morgan fingerprint density at radius 3 is 2.29 bits per heavy atom. The summed E-state index contributed by atoms with van der Waals surface area (Å²) in [5.74, 6) is 0.590. The van der Waals surface area contributed by atoms with E-state index in [1.165, 1.54) is 29.8 Å². The van der Waals surface area contributed by atoms with Crippen LogP contribution >= 0.6 is 11.6 Å². The van der Waals surface area contributed by atoms with Crippen molar-refractivity contribution in [3.05, 3.63) is 83.4 Å². The van der Waals surface area contributed by atoms with Gasteiger partial charge in [-0.05, 0) is 67.4 Å². The quantitative estimate of drug-likeness (QED) is 0.353. The number of sulfonamides is 1. The summed E-state index contributed by atoms with van der Waals surface area (Å²) >= 11 is 5.94. The molecule has 0 aliphatic heterocycles. The molecule has 3 aromatic rings. The van der Waals surface area contributed by atoms with E-state index in [9.17, 15) is 13.2 Å². The van der Waals surface area contributed by atoms with Crippen molar-refractivity contribution in [2.75, 3.05) is 30.6 Å². The number of halogens is 1. The molecule has 0 bridgehead atoms. The summed E-state index contributed by atoms with van der Waals surface area (Å²) in [6.07, 6.45) is 0.943. The fraction of sp³-hybridized carbons (Fsp3) is 0.269. The minimum absolute atomic E-state index is 0.0138. The van der Waals surface area contributed by atoms with E-state index in [1.54, 1.807) is 31.2 Å². The zero-order chi connectivity index (χ0) is 25.3. The maximum atomic E-state index is 13.5. The fourth-order valence-electron chi connectivity index (χ4n) is 3.34. The number of carbonyl (C=O) groups is 1. The number of carbonyl (C=O) groups excluding carboxylic acids is 1. The second-order valence-corrected chi connectivity index (χ2v) is 9.86. The molecule has 1 amide bonds. The van der Waals surface area contributed by atoms with E-state index in [2.05, 4.69) is 12.2 Å². The lowest BCUT2D eigenvalue weighted by atomic mass is 10.2. The van der Waals surface area contributed by atoms with Crippen LogP contribution in [0.2, 0.25) is 5.02 Å². The summed E-state index contributed by atoms with van der Waals surface area (Å²) in [5, 5.41) is 3.14. The topological polar surface area (TPSA) is 84.9 Å². The normalized spacial score (nSPS) is 11.1. The molecule has 0 unspecified atom stereocenters. The molecule has 3 aromatic carbocycles. The van der Waals surface area contributed by atoms with Crippen LogP contribution in [0, 0.1) is 0 Å². The zero-order valence-electron chi connectivity index (χ0n) is 19.7. The fourth-order valence-corrected chi connectivity index (χ4v) is 4.90. The second kappa shape index (κ2) is 12.5. The Morgan fingerprint density at radius 2 is 1.63 bits per heavy atom. The third-order valence-corrected chi connectivity index (χ3v) is 7.17. The number of aryl methyl sites for hydroxylation is 1. The molecule has 0 aliphatic rings. The highest BCUT2D eigenvalue weighted by atomic mass is 35.5. The number of hydrogen-bond donors (Lipinski definition) is 1. The number of ether oxygens (including phenoxy) is 2. The minimum atomic E-state index is -4.08. The lowest BCUT2D eigenvalue weighted by Gasteiger charge is -2.26. The van der Waals surface area contributed by atoms with E-state index in [1.807, 2.05) is 24.3 Å². The van der Waals surface area contributed by atoms with Crippen molar-refractivity contribution in [2.24, 2.45) is 0 Å². The van der Waals surface area contributed by atoms with Gasteiger partial charge in [-0.1, -0.05) is 42.8 Å². The Balaban J connectivity index is 1.74. The molecule has 7 nitrogen and oxygen atoms in total. The monoisotopic (exact) mass is 516 g/mol. The van der Waals surface area contributed by atoms with Crippen LogP contribution in [-0.2, 0) is 21.2 Å². The highest BCUT2D eigenvalue weighted by Crippen LogP contribution is 2.32. The molecule has 0 fully saturated rings. The summed E-state index contributed by atoms with van der Waals surface area (Å²) in [6.45, 7) is 4.26. The van der Waals surface area contributed by atoms with Gasteiger partial charge in [0.05, 0.1) is 23.7 Å². The van der Waals surface area contributed by atoms with Gasteiger partial charge in [0.15, 0.2) is 0 Å². The molecule has 3 rings (SSSR count). The molecule has 0 saturated heterocycles. The van der Waals surface area contributed by atoms with Crippen molar-refractivity contribution in [3.8, 4) is 11.5 Å². The number of rotatable bonds is 12. The largest absolute Gasteiger partial charge is 0.492 e. The first-order chi connectivity index (χ1) is 16.8. The van der Waals surface area contributed by atoms with Crippen molar-refractivity contribution in [1.82, 2.24) is 5.32 Å². The summed E-state index contributed by atoms with van der Waals surface area (Å²) in [4.78, 5) is 12.8. The number of hydrogen-bond acceptors (Lipinski definition) is 5. The number of para-hydroxylation sites is 2. The van der Waals surface area contributed by atoms with Crippen LogP contribution in [-0.4, -0.2) is 40.6 Å². The van der Waals surface area contributed by atoms with Crippen molar-refractivity contribution in [3.63, 3.8) is 0 Å². The first-order valence-electron chi connectivity index (χ1n) is 11.3. The lowest BCUT2D eigenvalue weighted by Crippen LogP contribution is -2.42. The second-order valence-electron chi connectivity index (χ2n) is 7.56. The van der Waals surface area contributed by atoms with Gasteiger partial charge in [-0.2, -0.15) is 0 Å². The van der Waals surface area contributed by atoms with Gasteiger partial charge in [0, 0.05) is 5.02 Å². The number of nitrogens with zero attached hydrogens (tertiary/aromatic N) is 1. The summed E-state index contributed by atoms with van der Waals surface area (Å²) in [7, 11) is -4.08. The van der Waals surface area contributed by atoms with Gasteiger partial charge in [-0.25, -0.2) is 8.42 Å². The molecule has 9 heteroatoms. The van der Waals surface area contributed by atoms with E-state index in [-0.39, 0.29) is 23.7 Å². The number of nitrogens with one attached hydrogen (secondary N) is 1. The van der Waals surface area contributed by atoms with Gasteiger partial charge >= 0.3 is 0 Å². The Morgan fingerprint density at radius 1 is 0.943 bits per heavy atom. The molecule has 1 N–H and O–H groups in total. The highest BCUT2D eigenvalue weighted by Gasteiger charge is 2.29. The van der Waals surface area contributed by atoms with Gasteiger partial charge in [0.2, 0.25) is 5.91 Å². The number of amides is 1. The van der Waals surface area contributed by atoms with Crippen LogP contribution in [0.1, 0.15) is 19.4 Å².